The first-order valence-electron chi connectivity index (χ1n) is 11.9. The molecule has 2 aromatic carbocycles. The van der Waals surface area contributed by atoms with Gasteiger partial charge in [-0.15, -0.1) is 0 Å². The van der Waals surface area contributed by atoms with Crippen LogP contribution < -0.4 is 9.62 Å². The average molecular weight is 609 g/mol. The molecule has 1 saturated carbocycles. The molecule has 2 aromatic rings. The number of benzene rings is 2. The highest BCUT2D eigenvalue weighted by Gasteiger charge is 2.34. The zero-order valence-electron chi connectivity index (χ0n) is 20.5. The molecule has 1 aliphatic rings. The summed E-state index contributed by atoms with van der Waals surface area (Å²) in [6, 6.07) is 8.46. The highest BCUT2D eigenvalue weighted by atomic mass is 35.5. The number of hydrogen-bond acceptors (Lipinski definition) is 4. The predicted octanol–water partition coefficient (Wildman–Crippen LogP) is 5.93. The first-order chi connectivity index (χ1) is 17.4. The van der Waals surface area contributed by atoms with Crippen molar-refractivity contribution in [2.45, 2.75) is 57.7 Å². The molecule has 0 saturated heterocycles. The van der Waals surface area contributed by atoms with Crippen molar-refractivity contribution in [2.75, 3.05) is 17.1 Å². The second-order valence-corrected chi connectivity index (χ2v) is 12.6. The SMILES string of the molecule is CC[C@H](C(=O)NC1CCCC1)N(Cc1c(Cl)cccc1Cl)C(=O)CN(c1cc(Cl)ccc1Cl)S(C)(=O)=O. The van der Waals surface area contributed by atoms with Crippen LogP contribution in [-0.2, 0) is 26.2 Å². The fourth-order valence-corrected chi connectivity index (χ4v) is 6.22. The van der Waals surface area contributed by atoms with Gasteiger partial charge in [-0.3, -0.25) is 13.9 Å². The lowest BCUT2D eigenvalue weighted by molar-refractivity contribution is -0.140. The van der Waals surface area contributed by atoms with Gasteiger partial charge in [0.1, 0.15) is 12.6 Å². The Bertz CT molecular complexity index is 1230. The quantitative estimate of drug-likeness (QED) is 0.362. The second kappa shape index (κ2) is 12.9. The summed E-state index contributed by atoms with van der Waals surface area (Å²) < 4.78 is 26.4. The minimum absolute atomic E-state index is 0.0418. The van der Waals surface area contributed by atoms with Crippen molar-refractivity contribution in [1.29, 1.82) is 0 Å². The molecule has 1 fully saturated rings. The van der Waals surface area contributed by atoms with Crippen LogP contribution in [0.5, 0.6) is 0 Å². The van der Waals surface area contributed by atoms with Crippen molar-refractivity contribution in [3.8, 4) is 0 Å². The van der Waals surface area contributed by atoms with Gasteiger partial charge in [-0.05, 0) is 49.6 Å². The lowest BCUT2D eigenvalue weighted by atomic mass is 10.1. The molecule has 0 aromatic heterocycles. The van der Waals surface area contributed by atoms with Crippen LogP contribution in [0.15, 0.2) is 36.4 Å². The van der Waals surface area contributed by atoms with Crippen LogP contribution in [0.25, 0.3) is 0 Å². The molecule has 37 heavy (non-hydrogen) atoms. The summed E-state index contributed by atoms with van der Waals surface area (Å²) >= 11 is 25.2. The van der Waals surface area contributed by atoms with E-state index in [0.29, 0.717) is 22.0 Å². The van der Waals surface area contributed by atoms with Crippen LogP contribution in [0, 0.1) is 0 Å². The predicted molar refractivity (Wildman–Crippen MR) is 150 cm³/mol. The molecular formula is C25H29Cl4N3O4S. The zero-order chi connectivity index (χ0) is 27.3. The third-order valence-corrected chi connectivity index (χ3v) is 8.72. The van der Waals surface area contributed by atoms with E-state index in [2.05, 4.69) is 5.32 Å². The van der Waals surface area contributed by atoms with Crippen molar-refractivity contribution in [3.63, 3.8) is 0 Å². The van der Waals surface area contributed by atoms with Crippen LogP contribution in [0.4, 0.5) is 5.69 Å². The molecule has 0 spiro atoms. The van der Waals surface area contributed by atoms with Crippen LogP contribution in [-0.4, -0.2) is 50.0 Å². The number of nitrogens with one attached hydrogen (secondary N) is 1. The summed E-state index contributed by atoms with van der Waals surface area (Å²) in [6.07, 6.45) is 5.08. The molecule has 0 heterocycles. The van der Waals surface area contributed by atoms with Crippen molar-refractivity contribution in [1.82, 2.24) is 10.2 Å². The van der Waals surface area contributed by atoms with Gasteiger partial charge >= 0.3 is 0 Å². The molecule has 3 rings (SSSR count). The molecule has 0 aliphatic heterocycles. The fraction of sp³-hybridized carbons (Fsp3) is 0.440. The number of rotatable bonds is 10. The minimum Gasteiger partial charge on any atom is -0.352 e. The Morgan fingerprint density at radius 2 is 1.65 bits per heavy atom. The monoisotopic (exact) mass is 607 g/mol. The Balaban J connectivity index is 2.00. The number of anilines is 1. The summed E-state index contributed by atoms with van der Waals surface area (Å²) in [7, 11) is -3.96. The van der Waals surface area contributed by atoms with Crippen LogP contribution in [0.1, 0.15) is 44.6 Å². The molecule has 202 valence electrons. The summed E-state index contributed by atoms with van der Waals surface area (Å²) in [4.78, 5) is 28.5. The third kappa shape index (κ3) is 7.67. The molecule has 2 amide bonds. The highest BCUT2D eigenvalue weighted by Crippen LogP contribution is 2.32. The number of nitrogens with zero attached hydrogens (tertiary/aromatic N) is 2. The Hall–Kier alpha value is -1.71. The van der Waals surface area contributed by atoms with Gasteiger partial charge in [0.25, 0.3) is 0 Å². The topological polar surface area (TPSA) is 86.8 Å². The first kappa shape index (κ1) is 29.8. The van der Waals surface area contributed by atoms with Gasteiger partial charge in [-0.1, -0.05) is 72.2 Å². The molecule has 0 unspecified atom stereocenters. The number of carbonyl (C=O) groups is 2. The van der Waals surface area contributed by atoms with E-state index in [0.717, 1.165) is 36.2 Å². The smallest absolute Gasteiger partial charge is 0.244 e. The molecule has 0 bridgehead atoms. The number of sulfonamides is 1. The first-order valence-corrected chi connectivity index (χ1v) is 15.2. The average Bonchev–Trinajstić information content (AvgIpc) is 3.33. The maximum absolute atomic E-state index is 13.8. The largest absolute Gasteiger partial charge is 0.352 e. The number of hydrogen-bond donors (Lipinski definition) is 1. The van der Waals surface area contributed by atoms with Crippen molar-refractivity contribution < 1.29 is 18.0 Å². The highest BCUT2D eigenvalue weighted by molar-refractivity contribution is 7.92. The van der Waals surface area contributed by atoms with Crippen LogP contribution in [0.3, 0.4) is 0 Å². The van der Waals surface area contributed by atoms with Crippen molar-refractivity contribution in [3.05, 3.63) is 62.1 Å². The Morgan fingerprint density at radius 1 is 1.03 bits per heavy atom. The van der Waals surface area contributed by atoms with E-state index in [1.807, 2.05) is 0 Å². The summed E-state index contributed by atoms with van der Waals surface area (Å²) in [5.41, 5.74) is 0.516. The van der Waals surface area contributed by atoms with Crippen molar-refractivity contribution in [2.24, 2.45) is 0 Å². The fourth-order valence-electron chi connectivity index (χ4n) is 4.41. The van der Waals surface area contributed by atoms with E-state index in [-0.39, 0.29) is 34.2 Å². The number of halogens is 4. The van der Waals surface area contributed by atoms with E-state index < -0.39 is 28.5 Å². The Kier molecular flexibility index (Phi) is 10.4. The third-order valence-electron chi connectivity index (χ3n) is 6.33. The van der Waals surface area contributed by atoms with Gasteiger partial charge in [-0.2, -0.15) is 0 Å². The minimum atomic E-state index is -3.96. The van der Waals surface area contributed by atoms with Crippen LogP contribution >= 0.6 is 46.4 Å². The normalized spacial score (nSPS) is 14.9. The van der Waals surface area contributed by atoms with E-state index in [1.165, 1.54) is 23.1 Å². The molecule has 1 N–H and O–H groups in total. The number of amides is 2. The van der Waals surface area contributed by atoms with Crippen LogP contribution in [0.2, 0.25) is 20.1 Å². The number of carbonyl (C=O) groups excluding carboxylic acids is 2. The zero-order valence-corrected chi connectivity index (χ0v) is 24.4. The maximum atomic E-state index is 13.8. The van der Waals surface area contributed by atoms with Crippen molar-refractivity contribution >= 4 is 73.9 Å². The Morgan fingerprint density at radius 3 is 2.22 bits per heavy atom. The molecule has 7 nitrogen and oxygen atoms in total. The van der Waals surface area contributed by atoms with E-state index in [9.17, 15) is 18.0 Å². The van der Waals surface area contributed by atoms with Gasteiger partial charge in [0, 0.05) is 33.2 Å². The van der Waals surface area contributed by atoms with E-state index in [4.69, 9.17) is 46.4 Å². The summed E-state index contributed by atoms with van der Waals surface area (Å²) in [5, 5.41) is 4.06. The maximum Gasteiger partial charge on any atom is 0.244 e. The molecular weight excluding hydrogens is 580 g/mol. The molecule has 1 atom stereocenters. The molecule has 1 aliphatic carbocycles. The summed E-state index contributed by atoms with van der Waals surface area (Å²) in [5.74, 6) is -0.927. The molecule has 0 radical (unpaired) electrons. The van der Waals surface area contributed by atoms with E-state index >= 15 is 0 Å². The molecule has 12 heteroatoms. The Labute approximate surface area is 238 Å². The van der Waals surface area contributed by atoms with E-state index in [1.54, 1.807) is 25.1 Å². The second-order valence-electron chi connectivity index (χ2n) is 9.00. The van der Waals surface area contributed by atoms with Gasteiger partial charge in [0.2, 0.25) is 21.8 Å². The van der Waals surface area contributed by atoms with Gasteiger partial charge < -0.3 is 10.2 Å². The standard InChI is InChI=1S/C25H29Cl4N3O4S/c1-3-22(25(34)30-17-7-4-5-8-17)31(14-18-19(27)9-6-10-20(18)28)24(33)15-32(37(2,35)36)23-13-16(26)11-12-21(23)29/h6,9-13,17,22H,3-5,7-8,14-15H2,1-2H3,(H,30,34)/t22-/m1/s1. The van der Waals surface area contributed by atoms with Gasteiger partial charge in [0.05, 0.1) is 17.0 Å². The van der Waals surface area contributed by atoms with Gasteiger partial charge in [-0.25, -0.2) is 8.42 Å². The lowest BCUT2D eigenvalue weighted by Crippen LogP contribution is -2.53. The lowest BCUT2D eigenvalue weighted by Gasteiger charge is -2.34. The van der Waals surface area contributed by atoms with Gasteiger partial charge in [0.15, 0.2) is 0 Å². The summed E-state index contributed by atoms with van der Waals surface area (Å²) in [6.45, 7) is 1.10.